The van der Waals surface area contributed by atoms with Crippen LogP contribution in [0.15, 0.2) is 53.6 Å². The highest BCUT2D eigenvalue weighted by Crippen LogP contribution is 2.32. The number of H-pyrrole nitrogens is 1. The van der Waals surface area contributed by atoms with Crippen LogP contribution < -0.4 is 4.90 Å². The molecule has 1 fully saturated rings. The number of unbranched alkanes of at least 4 members (excludes halogenated alkanes) is 1. The molecule has 0 bridgehead atoms. The molecule has 1 saturated heterocycles. The Hall–Kier alpha value is -3.37. The number of esters is 1. The zero-order valence-electron chi connectivity index (χ0n) is 19.6. The first kappa shape index (κ1) is 23.4. The van der Waals surface area contributed by atoms with E-state index in [-0.39, 0.29) is 23.0 Å². The summed E-state index contributed by atoms with van der Waals surface area (Å²) < 4.78 is 31.3. The molecular formula is C25H28N4O5S. The third-order valence-corrected chi connectivity index (χ3v) is 8.64. The van der Waals surface area contributed by atoms with Gasteiger partial charge in [0.25, 0.3) is 15.9 Å². The molecule has 0 spiro atoms. The highest BCUT2D eigenvalue weighted by Gasteiger charge is 2.40. The lowest BCUT2D eigenvalue weighted by Crippen LogP contribution is -2.46. The van der Waals surface area contributed by atoms with E-state index in [4.69, 9.17) is 4.74 Å². The number of amides is 1. The number of nitrogens with zero attached hydrogens (tertiary/aromatic N) is 3. The van der Waals surface area contributed by atoms with Crippen molar-refractivity contribution < 1.29 is 22.7 Å². The topological polar surface area (TPSA) is 103 Å². The van der Waals surface area contributed by atoms with E-state index in [2.05, 4.69) is 14.8 Å². The number of ether oxygens (including phenoxy) is 1. The second-order valence-electron chi connectivity index (χ2n) is 8.81. The fourth-order valence-corrected chi connectivity index (χ4v) is 6.56. The first-order chi connectivity index (χ1) is 16.9. The molecule has 1 amide bonds. The first-order valence-electron chi connectivity index (χ1n) is 11.7. The Morgan fingerprint density at radius 2 is 1.74 bits per heavy atom. The molecule has 0 atom stereocenters. The van der Waals surface area contributed by atoms with Gasteiger partial charge >= 0.3 is 5.97 Å². The molecule has 1 N–H and O–H groups in total. The maximum Gasteiger partial charge on any atom is 0.340 e. The van der Waals surface area contributed by atoms with Gasteiger partial charge in [0.15, 0.2) is 0 Å². The van der Waals surface area contributed by atoms with Crippen LogP contribution in [0.2, 0.25) is 0 Å². The van der Waals surface area contributed by atoms with Crippen molar-refractivity contribution in [3.05, 3.63) is 59.8 Å². The van der Waals surface area contributed by atoms with Crippen molar-refractivity contribution in [3.63, 3.8) is 0 Å². The molecule has 184 valence electrons. The molecule has 0 aliphatic carbocycles. The number of methoxy groups -OCH3 is 1. The average Bonchev–Trinajstić information content (AvgIpc) is 3.39. The lowest BCUT2D eigenvalue weighted by atomic mass is 10.1. The van der Waals surface area contributed by atoms with Crippen LogP contribution in [0.3, 0.4) is 0 Å². The fraction of sp³-hybridized carbons (Fsp3) is 0.360. The van der Waals surface area contributed by atoms with Crippen LogP contribution in [0.1, 0.15) is 33.6 Å². The van der Waals surface area contributed by atoms with E-state index in [0.717, 1.165) is 60.0 Å². The van der Waals surface area contributed by atoms with Crippen molar-refractivity contribution in [2.45, 2.75) is 17.7 Å². The Labute approximate surface area is 204 Å². The number of nitrogens with one attached hydrogen (secondary N) is 1. The van der Waals surface area contributed by atoms with Crippen molar-refractivity contribution in [2.24, 2.45) is 0 Å². The predicted octanol–water partition coefficient (Wildman–Crippen LogP) is 2.70. The molecule has 0 radical (unpaired) electrons. The van der Waals surface area contributed by atoms with Gasteiger partial charge in [0.2, 0.25) is 0 Å². The summed E-state index contributed by atoms with van der Waals surface area (Å²) in [6.07, 6.45) is 3.11. The number of rotatable bonds is 7. The predicted molar refractivity (Wildman–Crippen MR) is 132 cm³/mol. The normalized spacial score (nSPS) is 17.7. The zero-order valence-corrected chi connectivity index (χ0v) is 20.4. The van der Waals surface area contributed by atoms with Crippen LogP contribution in [-0.2, 0) is 14.8 Å². The van der Waals surface area contributed by atoms with Gasteiger partial charge in [-0.05, 0) is 43.7 Å². The smallest absolute Gasteiger partial charge is 0.340 e. The van der Waals surface area contributed by atoms with Gasteiger partial charge in [-0.25, -0.2) is 17.5 Å². The molecule has 2 aromatic carbocycles. The van der Waals surface area contributed by atoms with E-state index >= 15 is 0 Å². The summed E-state index contributed by atoms with van der Waals surface area (Å²) in [5.41, 5.74) is 2.71. The number of hydrogen-bond donors (Lipinski definition) is 1. The number of hydrogen-bond acceptors (Lipinski definition) is 7. The number of aromatic amines is 1. The molecule has 2 aliphatic heterocycles. The van der Waals surface area contributed by atoms with Gasteiger partial charge in [-0.1, -0.05) is 18.2 Å². The summed E-state index contributed by atoms with van der Waals surface area (Å²) >= 11 is 0. The van der Waals surface area contributed by atoms with Crippen molar-refractivity contribution >= 4 is 38.5 Å². The minimum absolute atomic E-state index is 0.105. The third kappa shape index (κ3) is 4.17. The lowest BCUT2D eigenvalue weighted by molar-refractivity contribution is 0.0602. The van der Waals surface area contributed by atoms with Gasteiger partial charge in [0.05, 0.1) is 18.2 Å². The quantitative estimate of drug-likeness (QED) is 0.396. The van der Waals surface area contributed by atoms with E-state index < -0.39 is 15.9 Å². The summed E-state index contributed by atoms with van der Waals surface area (Å²) in [6.45, 7) is 4.39. The Bertz CT molecular complexity index is 1380. The summed E-state index contributed by atoms with van der Waals surface area (Å²) in [5.74, 6) is -0.789. The van der Waals surface area contributed by atoms with Crippen LogP contribution in [0, 0.1) is 0 Å². The molecule has 2 aliphatic rings. The number of anilines is 1. The van der Waals surface area contributed by atoms with Crippen molar-refractivity contribution in [2.75, 3.05) is 51.3 Å². The Morgan fingerprint density at radius 1 is 1.00 bits per heavy atom. The average molecular weight is 497 g/mol. The van der Waals surface area contributed by atoms with E-state index in [1.807, 2.05) is 18.2 Å². The maximum atomic E-state index is 12.7. The molecule has 1 aromatic heterocycles. The van der Waals surface area contributed by atoms with Gasteiger partial charge < -0.3 is 14.6 Å². The lowest BCUT2D eigenvalue weighted by Gasteiger charge is -2.36. The zero-order chi connectivity index (χ0) is 24.6. The summed E-state index contributed by atoms with van der Waals surface area (Å²) in [5, 5.41) is 0.880. The van der Waals surface area contributed by atoms with Crippen LogP contribution in [0.4, 0.5) is 5.69 Å². The molecule has 9 nitrogen and oxygen atoms in total. The monoisotopic (exact) mass is 496 g/mol. The Kier molecular flexibility index (Phi) is 6.24. The van der Waals surface area contributed by atoms with Crippen LogP contribution in [-0.4, -0.2) is 80.9 Å². The summed E-state index contributed by atoms with van der Waals surface area (Å²) in [7, 11) is -2.35. The summed E-state index contributed by atoms with van der Waals surface area (Å²) in [4.78, 5) is 32.6. The molecule has 0 unspecified atom stereocenters. The Balaban J connectivity index is 1.15. The van der Waals surface area contributed by atoms with Crippen molar-refractivity contribution in [3.8, 4) is 0 Å². The molecule has 0 saturated carbocycles. The first-order valence-corrected chi connectivity index (χ1v) is 13.2. The highest BCUT2D eigenvalue weighted by atomic mass is 32.2. The molecule has 3 heterocycles. The van der Waals surface area contributed by atoms with Crippen LogP contribution in [0.5, 0.6) is 0 Å². The molecule has 10 heteroatoms. The minimum atomic E-state index is -3.74. The number of benzene rings is 2. The molecule has 35 heavy (non-hydrogen) atoms. The summed E-state index contributed by atoms with van der Waals surface area (Å²) in [6, 6.07) is 12.3. The molecule has 5 rings (SSSR count). The molecule has 3 aromatic rings. The van der Waals surface area contributed by atoms with E-state index in [1.165, 1.54) is 13.2 Å². The number of piperazine rings is 1. The third-order valence-electron chi connectivity index (χ3n) is 6.80. The highest BCUT2D eigenvalue weighted by molar-refractivity contribution is 7.90. The molecular weight excluding hydrogens is 468 g/mol. The van der Waals surface area contributed by atoms with Gasteiger partial charge in [0, 0.05) is 55.5 Å². The van der Waals surface area contributed by atoms with Crippen LogP contribution >= 0.6 is 0 Å². The second kappa shape index (κ2) is 9.35. The van der Waals surface area contributed by atoms with E-state index in [0.29, 0.717) is 12.0 Å². The minimum Gasteiger partial charge on any atom is -0.465 e. The Morgan fingerprint density at radius 3 is 2.49 bits per heavy atom. The number of aromatic nitrogens is 1. The second-order valence-corrected chi connectivity index (χ2v) is 10.6. The van der Waals surface area contributed by atoms with Crippen molar-refractivity contribution in [1.29, 1.82) is 0 Å². The van der Waals surface area contributed by atoms with Gasteiger partial charge in [0.1, 0.15) is 4.90 Å². The maximum absolute atomic E-state index is 12.7. The largest absolute Gasteiger partial charge is 0.465 e. The van der Waals surface area contributed by atoms with E-state index in [9.17, 15) is 18.0 Å². The number of carbonyl (C=O) groups is 2. The van der Waals surface area contributed by atoms with Gasteiger partial charge in [-0.15, -0.1) is 0 Å². The fourth-order valence-electron chi connectivity index (χ4n) is 4.96. The number of sulfonamides is 1. The van der Waals surface area contributed by atoms with Gasteiger partial charge in [-0.3, -0.25) is 9.69 Å². The van der Waals surface area contributed by atoms with E-state index in [1.54, 1.807) is 24.4 Å². The SMILES string of the molecule is COC(=O)c1c[nH]c2cccc(N3CCN(CCCCN4C(=O)c5ccccc5S4(=O)=O)CC3)c12. The van der Waals surface area contributed by atoms with Gasteiger partial charge in [-0.2, -0.15) is 0 Å². The standard InChI is InChI=1S/C25H28N4O5S/c1-34-25(31)19-17-26-20-8-6-9-21(23(19)20)28-15-13-27(14-16-28)11-4-5-12-29-24(30)18-7-2-3-10-22(18)35(29,32)33/h2-3,6-10,17,26H,4-5,11-16H2,1H3. The van der Waals surface area contributed by atoms with Crippen LogP contribution in [0.25, 0.3) is 10.9 Å². The number of fused-ring (bicyclic) bond motifs is 2. The van der Waals surface area contributed by atoms with Crippen molar-refractivity contribution in [1.82, 2.24) is 14.2 Å². The number of carbonyl (C=O) groups excluding carboxylic acids is 2.